The van der Waals surface area contributed by atoms with Crippen molar-refractivity contribution < 1.29 is 14.6 Å². The Kier molecular flexibility index (Phi) is 12.3. The minimum atomic E-state index is -0.917. The molecule has 5 aromatic rings. The number of nitrogens with one attached hydrogen (secondary N) is 2. The fourth-order valence-electron chi connectivity index (χ4n) is 6.37. The van der Waals surface area contributed by atoms with Gasteiger partial charge in [0.2, 0.25) is 0 Å². The highest BCUT2D eigenvalue weighted by Crippen LogP contribution is 2.42. The standard InChI is InChI=1S/C32H33ClN4O3.C4H11N.CH4/c1-20-28-26(35-34-20)19-36(2)16-5-6-17-37-30-24(14-15-25(33)29(28)30)23(31(37)32(38)39)12-8-18-40-27-13-7-10-21-9-3-4-11-22(21)27;1-3-5-4-2;/h3-4,7,9-11,13-15H,5-6,8,12,16-19H2,1-2H3,(H,34,35)(H,38,39);5H,3-4H2,1-2H3;1H4. The summed E-state index contributed by atoms with van der Waals surface area (Å²) in [5, 5.41) is 25.1. The summed E-state index contributed by atoms with van der Waals surface area (Å²) in [7, 11) is 2.09. The third-order valence-corrected chi connectivity index (χ3v) is 8.74. The van der Waals surface area contributed by atoms with E-state index in [4.69, 9.17) is 16.3 Å². The molecule has 0 aliphatic carbocycles. The molecule has 8 nitrogen and oxygen atoms in total. The molecule has 0 saturated heterocycles. The van der Waals surface area contributed by atoms with Crippen LogP contribution in [0.5, 0.6) is 5.75 Å². The van der Waals surface area contributed by atoms with Gasteiger partial charge < -0.3 is 24.6 Å². The van der Waals surface area contributed by atoms with Crippen molar-refractivity contribution in [1.29, 1.82) is 0 Å². The van der Waals surface area contributed by atoms with Gasteiger partial charge in [0.05, 0.1) is 22.8 Å². The summed E-state index contributed by atoms with van der Waals surface area (Å²) < 4.78 is 8.19. The van der Waals surface area contributed by atoms with Gasteiger partial charge in [-0.1, -0.05) is 75.3 Å². The van der Waals surface area contributed by atoms with Gasteiger partial charge in [0.25, 0.3) is 0 Å². The SMILES string of the molecule is C.CCNCC.Cc1[nH]nc2c1-c1c(Cl)ccc3c(CCCOc4cccc5ccccc45)c(C(=O)O)n(c13)CCCCN(C)C2. The number of aromatic nitrogens is 3. The normalized spacial score (nSPS) is 13.3. The molecule has 0 spiro atoms. The molecule has 3 N–H and O–H groups in total. The molecule has 2 aromatic heterocycles. The molecule has 1 aliphatic heterocycles. The topological polar surface area (TPSA) is 95.4 Å². The summed E-state index contributed by atoms with van der Waals surface area (Å²) in [6.45, 7) is 11.1. The summed E-state index contributed by atoms with van der Waals surface area (Å²) in [4.78, 5) is 15.1. The first kappa shape index (κ1) is 35.0. The van der Waals surface area contributed by atoms with Gasteiger partial charge in [0, 0.05) is 40.7 Å². The third kappa shape index (κ3) is 7.41. The predicted molar refractivity (Wildman–Crippen MR) is 191 cm³/mol. The van der Waals surface area contributed by atoms with Gasteiger partial charge >= 0.3 is 5.97 Å². The molecule has 246 valence electrons. The van der Waals surface area contributed by atoms with Crippen molar-refractivity contribution >= 4 is 39.2 Å². The van der Waals surface area contributed by atoms with E-state index >= 15 is 0 Å². The Bertz CT molecular complexity index is 1770. The van der Waals surface area contributed by atoms with Crippen molar-refractivity contribution in [3.05, 3.63) is 82.3 Å². The molecular formula is C37H48ClN5O3. The Labute approximate surface area is 277 Å². The number of halogens is 1. The second-order valence-corrected chi connectivity index (χ2v) is 12.0. The number of rotatable bonds is 8. The largest absolute Gasteiger partial charge is 0.493 e. The highest BCUT2D eigenvalue weighted by molar-refractivity contribution is 6.35. The van der Waals surface area contributed by atoms with Gasteiger partial charge in [-0.05, 0) is 82.4 Å². The molecule has 0 unspecified atom stereocenters. The number of nitrogens with zero attached hydrogens (tertiary/aromatic N) is 3. The maximum Gasteiger partial charge on any atom is 0.352 e. The van der Waals surface area contributed by atoms with Crippen molar-refractivity contribution in [3.8, 4) is 16.9 Å². The van der Waals surface area contributed by atoms with E-state index in [1.807, 2.05) is 47.9 Å². The second-order valence-electron chi connectivity index (χ2n) is 11.6. The molecule has 46 heavy (non-hydrogen) atoms. The zero-order chi connectivity index (χ0) is 31.9. The summed E-state index contributed by atoms with van der Waals surface area (Å²) >= 11 is 6.91. The van der Waals surface area contributed by atoms with Gasteiger partial charge in [-0.15, -0.1) is 0 Å². The number of carboxylic acids is 1. The van der Waals surface area contributed by atoms with Crippen LogP contribution in [0.2, 0.25) is 5.02 Å². The number of aryl methyl sites for hydroxylation is 3. The van der Waals surface area contributed by atoms with E-state index in [-0.39, 0.29) is 7.43 Å². The van der Waals surface area contributed by atoms with E-state index in [1.165, 1.54) is 0 Å². The lowest BCUT2D eigenvalue weighted by atomic mass is 9.98. The fourth-order valence-corrected chi connectivity index (χ4v) is 6.61. The average Bonchev–Trinajstić information content (AvgIpc) is 3.54. The zero-order valence-corrected chi connectivity index (χ0v) is 27.5. The van der Waals surface area contributed by atoms with Gasteiger partial charge in [-0.25, -0.2) is 4.79 Å². The molecule has 1 aliphatic rings. The summed E-state index contributed by atoms with van der Waals surface area (Å²) in [6, 6.07) is 18.1. The van der Waals surface area contributed by atoms with Crippen LogP contribution in [0.25, 0.3) is 32.8 Å². The first-order valence-electron chi connectivity index (χ1n) is 16.0. The van der Waals surface area contributed by atoms with Crippen molar-refractivity contribution in [2.45, 2.75) is 67.0 Å². The smallest absolute Gasteiger partial charge is 0.352 e. The van der Waals surface area contributed by atoms with Gasteiger partial charge in [-0.2, -0.15) is 5.10 Å². The molecule has 0 saturated carbocycles. The van der Waals surface area contributed by atoms with Crippen LogP contribution in [0, 0.1) is 6.92 Å². The van der Waals surface area contributed by atoms with Crippen molar-refractivity contribution in [3.63, 3.8) is 0 Å². The Morgan fingerprint density at radius 2 is 1.76 bits per heavy atom. The lowest BCUT2D eigenvalue weighted by molar-refractivity contribution is 0.0684. The lowest BCUT2D eigenvalue weighted by Crippen LogP contribution is -2.20. The predicted octanol–water partition coefficient (Wildman–Crippen LogP) is 8.33. The third-order valence-electron chi connectivity index (χ3n) is 8.42. The van der Waals surface area contributed by atoms with E-state index in [2.05, 4.69) is 59.5 Å². The molecule has 0 atom stereocenters. The molecule has 0 amide bonds. The maximum absolute atomic E-state index is 12.8. The number of hydrogen-bond donors (Lipinski definition) is 3. The van der Waals surface area contributed by atoms with E-state index in [9.17, 15) is 9.90 Å². The minimum Gasteiger partial charge on any atom is -0.493 e. The molecular weight excluding hydrogens is 598 g/mol. The number of aromatic amines is 1. The first-order chi connectivity index (χ1) is 21.8. The highest BCUT2D eigenvalue weighted by Gasteiger charge is 2.28. The quantitative estimate of drug-likeness (QED) is 0.147. The Morgan fingerprint density at radius 1 is 1.02 bits per heavy atom. The van der Waals surface area contributed by atoms with Crippen molar-refractivity contribution in [2.75, 3.05) is 33.3 Å². The molecule has 3 aromatic carbocycles. The van der Waals surface area contributed by atoms with Crippen LogP contribution in [0.4, 0.5) is 0 Å². The molecule has 6 rings (SSSR count). The Hall–Kier alpha value is -3.85. The maximum atomic E-state index is 12.8. The molecule has 0 fully saturated rings. The number of fused-ring (bicyclic) bond motifs is 3. The number of hydrogen-bond acceptors (Lipinski definition) is 5. The molecule has 9 heteroatoms. The number of carboxylic acid groups (broad SMARTS) is 1. The van der Waals surface area contributed by atoms with Crippen molar-refractivity contribution in [1.82, 2.24) is 25.0 Å². The van der Waals surface area contributed by atoms with Crippen LogP contribution >= 0.6 is 11.6 Å². The van der Waals surface area contributed by atoms with Crippen LogP contribution in [0.1, 0.15) is 68.0 Å². The number of H-pyrrole nitrogens is 1. The summed E-state index contributed by atoms with van der Waals surface area (Å²) in [6.07, 6.45) is 3.09. The average molecular weight is 646 g/mol. The van der Waals surface area contributed by atoms with Crippen LogP contribution in [-0.4, -0.2) is 64.0 Å². The van der Waals surface area contributed by atoms with E-state index in [0.717, 1.165) is 88.0 Å². The fraction of sp³-hybridized carbons (Fsp3) is 0.405. The summed E-state index contributed by atoms with van der Waals surface area (Å²) in [5.74, 6) is -0.0742. The summed E-state index contributed by atoms with van der Waals surface area (Å²) in [5.41, 5.74) is 5.72. The molecule has 3 heterocycles. The molecule has 0 bridgehead atoms. The highest BCUT2D eigenvalue weighted by atomic mass is 35.5. The monoisotopic (exact) mass is 645 g/mol. The van der Waals surface area contributed by atoms with Crippen LogP contribution < -0.4 is 10.1 Å². The zero-order valence-electron chi connectivity index (χ0n) is 26.8. The van der Waals surface area contributed by atoms with Gasteiger partial charge in [0.15, 0.2) is 0 Å². The van der Waals surface area contributed by atoms with Crippen LogP contribution in [0.15, 0.2) is 54.6 Å². The van der Waals surface area contributed by atoms with Crippen molar-refractivity contribution in [2.24, 2.45) is 0 Å². The molecule has 0 radical (unpaired) electrons. The van der Waals surface area contributed by atoms with Crippen LogP contribution in [0.3, 0.4) is 0 Å². The first-order valence-corrected chi connectivity index (χ1v) is 16.3. The minimum absolute atomic E-state index is 0. The number of aromatic carboxylic acids is 1. The number of ether oxygens (including phenoxy) is 1. The van der Waals surface area contributed by atoms with Gasteiger partial charge in [0.1, 0.15) is 11.4 Å². The Balaban J connectivity index is 0.000000745. The lowest BCUT2D eigenvalue weighted by Gasteiger charge is -2.16. The van der Waals surface area contributed by atoms with E-state index in [1.54, 1.807) is 0 Å². The Morgan fingerprint density at radius 3 is 2.50 bits per heavy atom. The van der Waals surface area contributed by atoms with E-state index in [0.29, 0.717) is 43.3 Å². The number of benzene rings is 3. The second kappa shape index (κ2) is 16.1. The number of carbonyl (C=O) groups is 1. The van der Waals surface area contributed by atoms with Crippen LogP contribution in [-0.2, 0) is 19.5 Å². The van der Waals surface area contributed by atoms with Gasteiger partial charge in [-0.3, -0.25) is 5.10 Å². The van der Waals surface area contributed by atoms with E-state index < -0.39 is 5.97 Å².